The summed E-state index contributed by atoms with van der Waals surface area (Å²) in [5.41, 5.74) is 0. The van der Waals surface area contributed by atoms with Gasteiger partial charge in [0.2, 0.25) is 5.91 Å². The molecule has 1 aromatic heterocycles. The molecule has 0 unspecified atom stereocenters. The van der Waals surface area contributed by atoms with Crippen molar-refractivity contribution in [2.24, 2.45) is 0 Å². The Morgan fingerprint density at radius 2 is 1.82 bits per heavy atom. The van der Waals surface area contributed by atoms with E-state index in [1.54, 1.807) is 24.0 Å². The fraction of sp³-hybridized carbons (Fsp3) is 0.583. The maximum atomic E-state index is 11.7. The third-order valence-electron chi connectivity index (χ3n) is 3.41. The molecule has 1 fully saturated rings. The maximum Gasteiger partial charge on any atom is 0.302 e. The van der Waals surface area contributed by atoms with E-state index in [0.717, 1.165) is 4.31 Å². The van der Waals surface area contributed by atoms with E-state index in [1.165, 1.54) is 14.1 Å². The summed E-state index contributed by atoms with van der Waals surface area (Å²) in [5, 5.41) is 7.93. The lowest BCUT2D eigenvalue weighted by atomic mass is 10.3. The Morgan fingerprint density at radius 3 is 2.27 bits per heavy atom. The second-order valence-electron chi connectivity index (χ2n) is 5.16. The second kappa shape index (κ2) is 6.44. The normalized spacial score (nSPS) is 16.0. The van der Waals surface area contributed by atoms with Gasteiger partial charge in [-0.15, -0.1) is 10.2 Å². The largest absolute Gasteiger partial charge is 0.352 e. The van der Waals surface area contributed by atoms with Crippen LogP contribution in [0.5, 0.6) is 0 Å². The van der Waals surface area contributed by atoms with Gasteiger partial charge in [-0.3, -0.25) is 9.52 Å². The van der Waals surface area contributed by atoms with Crippen molar-refractivity contribution in [3.63, 3.8) is 0 Å². The van der Waals surface area contributed by atoms with Crippen LogP contribution in [0.15, 0.2) is 12.1 Å². The van der Waals surface area contributed by atoms with Crippen LogP contribution in [0.4, 0.5) is 11.6 Å². The molecule has 9 nitrogen and oxygen atoms in total. The molecule has 1 aliphatic rings. The number of anilines is 2. The SMILES string of the molecule is CC(=O)N1CCN(c2ccc(NS(=O)(=O)N(C)C)nn2)CC1. The number of hydrogen-bond acceptors (Lipinski definition) is 6. The van der Waals surface area contributed by atoms with E-state index in [1.807, 2.05) is 4.90 Å². The molecule has 0 aromatic carbocycles. The van der Waals surface area contributed by atoms with Gasteiger partial charge >= 0.3 is 10.2 Å². The predicted molar refractivity (Wildman–Crippen MR) is 82.7 cm³/mol. The van der Waals surface area contributed by atoms with Gasteiger partial charge in [0.15, 0.2) is 11.6 Å². The zero-order chi connectivity index (χ0) is 16.3. The number of hydrogen-bond donors (Lipinski definition) is 1. The summed E-state index contributed by atoms with van der Waals surface area (Å²) in [4.78, 5) is 15.1. The molecule has 1 amide bonds. The van der Waals surface area contributed by atoms with Crippen LogP contribution >= 0.6 is 0 Å². The molecule has 0 radical (unpaired) electrons. The van der Waals surface area contributed by atoms with E-state index in [4.69, 9.17) is 0 Å². The maximum absolute atomic E-state index is 11.7. The van der Waals surface area contributed by atoms with Gasteiger partial charge in [0.25, 0.3) is 0 Å². The lowest BCUT2D eigenvalue weighted by molar-refractivity contribution is -0.129. The minimum absolute atomic E-state index is 0.0687. The zero-order valence-corrected chi connectivity index (χ0v) is 13.7. The molecule has 22 heavy (non-hydrogen) atoms. The van der Waals surface area contributed by atoms with Gasteiger partial charge in [0.1, 0.15) is 0 Å². The van der Waals surface area contributed by atoms with E-state index < -0.39 is 10.2 Å². The third-order valence-corrected chi connectivity index (χ3v) is 4.84. The van der Waals surface area contributed by atoms with Crippen molar-refractivity contribution in [2.45, 2.75) is 6.92 Å². The van der Waals surface area contributed by atoms with Gasteiger partial charge < -0.3 is 9.80 Å². The third kappa shape index (κ3) is 3.83. The molecular weight excluding hydrogens is 308 g/mol. The minimum Gasteiger partial charge on any atom is -0.352 e. The van der Waals surface area contributed by atoms with E-state index >= 15 is 0 Å². The molecule has 0 spiro atoms. The summed E-state index contributed by atoms with van der Waals surface area (Å²) < 4.78 is 26.8. The molecule has 10 heteroatoms. The number of piperazine rings is 1. The summed E-state index contributed by atoms with van der Waals surface area (Å²) in [6, 6.07) is 3.28. The summed E-state index contributed by atoms with van der Waals surface area (Å²) in [6.45, 7) is 4.20. The lowest BCUT2D eigenvalue weighted by Crippen LogP contribution is -2.48. The predicted octanol–water partition coefficient (Wildman–Crippen LogP) is -0.637. The smallest absolute Gasteiger partial charge is 0.302 e. The molecule has 0 bridgehead atoms. The first-order valence-corrected chi connectivity index (χ1v) is 8.28. The van der Waals surface area contributed by atoms with Crippen molar-refractivity contribution in [2.75, 3.05) is 49.9 Å². The summed E-state index contributed by atoms with van der Waals surface area (Å²) >= 11 is 0. The van der Waals surface area contributed by atoms with Crippen LogP contribution in [0.1, 0.15) is 6.92 Å². The highest BCUT2D eigenvalue weighted by molar-refractivity contribution is 7.90. The highest BCUT2D eigenvalue weighted by atomic mass is 32.2. The fourth-order valence-electron chi connectivity index (χ4n) is 2.02. The Bertz CT molecular complexity index is 623. The van der Waals surface area contributed by atoms with E-state index in [-0.39, 0.29) is 11.7 Å². The molecule has 0 aliphatic carbocycles. The molecule has 2 rings (SSSR count). The Morgan fingerprint density at radius 1 is 1.18 bits per heavy atom. The molecule has 122 valence electrons. The fourth-order valence-corrected chi connectivity index (χ4v) is 2.58. The van der Waals surface area contributed by atoms with Crippen molar-refractivity contribution in [1.82, 2.24) is 19.4 Å². The Hall–Kier alpha value is -1.94. The van der Waals surface area contributed by atoms with Crippen LogP contribution in [0, 0.1) is 0 Å². The molecule has 1 N–H and O–H groups in total. The molecule has 1 saturated heterocycles. The van der Waals surface area contributed by atoms with Gasteiger partial charge in [-0.1, -0.05) is 0 Å². The quantitative estimate of drug-likeness (QED) is 0.790. The summed E-state index contributed by atoms with van der Waals surface area (Å²) in [5.74, 6) is 0.898. The topological polar surface area (TPSA) is 98.7 Å². The molecule has 1 aromatic rings. The van der Waals surface area contributed by atoms with Gasteiger partial charge in [-0.2, -0.15) is 12.7 Å². The van der Waals surface area contributed by atoms with E-state index in [0.29, 0.717) is 32.0 Å². The van der Waals surface area contributed by atoms with E-state index in [2.05, 4.69) is 14.9 Å². The highest BCUT2D eigenvalue weighted by Gasteiger charge is 2.20. The lowest BCUT2D eigenvalue weighted by Gasteiger charge is -2.34. The van der Waals surface area contributed by atoms with Crippen molar-refractivity contribution in [1.29, 1.82) is 0 Å². The number of amides is 1. The average molecular weight is 328 g/mol. The number of rotatable bonds is 4. The van der Waals surface area contributed by atoms with Crippen LogP contribution < -0.4 is 9.62 Å². The van der Waals surface area contributed by atoms with Crippen LogP contribution in [-0.4, -0.2) is 74.0 Å². The Kier molecular flexibility index (Phi) is 4.81. The van der Waals surface area contributed by atoms with Gasteiger partial charge in [-0.05, 0) is 12.1 Å². The zero-order valence-electron chi connectivity index (χ0n) is 12.9. The monoisotopic (exact) mass is 328 g/mol. The van der Waals surface area contributed by atoms with Crippen LogP contribution in [0.3, 0.4) is 0 Å². The Balaban J connectivity index is 2.00. The van der Waals surface area contributed by atoms with Crippen molar-refractivity contribution in [3.8, 4) is 0 Å². The molecule has 2 heterocycles. The first kappa shape index (κ1) is 16.4. The average Bonchev–Trinajstić information content (AvgIpc) is 2.47. The van der Waals surface area contributed by atoms with Crippen molar-refractivity contribution >= 4 is 27.8 Å². The first-order chi connectivity index (χ1) is 10.3. The Labute approximate surface area is 130 Å². The van der Waals surface area contributed by atoms with Crippen LogP contribution in [0.25, 0.3) is 0 Å². The number of nitrogens with one attached hydrogen (secondary N) is 1. The minimum atomic E-state index is -3.58. The molecule has 1 aliphatic heterocycles. The van der Waals surface area contributed by atoms with Crippen LogP contribution in [-0.2, 0) is 15.0 Å². The molecule has 0 saturated carbocycles. The summed E-state index contributed by atoms with van der Waals surface area (Å²) in [7, 11) is -0.724. The van der Waals surface area contributed by atoms with Crippen molar-refractivity contribution in [3.05, 3.63) is 12.1 Å². The van der Waals surface area contributed by atoms with Gasteiger partial charge in [-0.25, -0.2) is 0 Å². The second-order valence-corrected chi connectivity index (χ2v) is 7.04. The number of carbonyl (C=O) groups excluding carboxylic acids is 1. The molecule has 0 atom stereocenters. The number of aromatic nitrogens is 2. The first-order valence-electron chi connectivity index (χ1n) is 6.84. The summed E-state index contributed by atoms with van der Waals surface area (Å²) in [6.07, 6.45) is 0. The highest BCUT2D eigenvalue weighted by Crippen LogP contribution is 2.15. The van der Waals surface area contributed by atoms with Gasteiger partial charge in [0.05, 0.1) is 0 Å². The number of nitrogens with zero attached hydrogens (tertiary/aromatic N) is 5. The van der Waals surface area contributed by atoms with Gasteiger partial charge in [0, 0.05) is 47.2 Å². The van der Waals surface area contributed by atoms with Crippen molar-refractivity contribution < 1.29 is 13.2 Å². The van der Waals surface area contributed by atoms with E-state index in [9.17, 15) is 13.2 Å². The standard InChI is InChI=1S/C12H20N6O3S/c1-10(19)17-6-8-18(9-7-17)12-5-4-11(13-14-12)15-22(20,21)16(2)3/h4-5H,6-9H2,1-3H3,(H,13,15). The number of carbonyl (C=O) groups is 1. The van der Waals surface area contributed by atoms with Crippen LogP contribution in [0.2, 0.25) is 0 Å². The molecular formula is C12H20N6O3S.